The number of rotatable bonds is 7. The van der Waals surface area contributed by atoms with Gasteiger partial charge in [0.25, 0.3) is 0 Å². The van der Waals surface area contributed by atoms with Crippen LogP contribution in [0.5, 0.6) is 0 Å². The molecule has 4 rings (SSSR count). The number of carbonyl (C=O) groups is 2. The summed E-state index contributed by atoms with van der Waals surface area (Å²) >= 11 is 0. The summed E-state index contributed by atoms with van der Waals surface area (Å²) in [6, 6.07) is 25.7. The Morgan fingerprint density at radius 1 is 0.906 bits per heavy atom. The summed E-state index contributed by atoms with van der Waals surface area (Å²) in [6.45, 7) is 0.235. The number of carbonyl (C=O) groups excluding carboxylic acids is 2. The predicted octanol–water partition coefficient (Wildman–Crippen LogP) is 4.87. The minimum absolute atomic E-state index is 0.00802. The Morgan fingerprint density at radius 3 is 2.12 bits per heavy atom. The Hall–Kier alpha value is -3.86. The number of methoxy groups -OCH3 is 1. The van der Waals surface area contributed by atoms with Crippen molar-refractivity contribution in [3.05, 3.63) is 108 Å². The van der Waals surface area contributed by atoms with Gasteiger partial charge in [0, 0.05) is 12.0 Å². The SMILES string of the molecule is COC(=O)C=C[C@H](Cc1ccccc1)NC(=O)OCC1c2ccccc2-c2ccccc21. The molecule has 0 unspecified atom stereocenters. The lowest BCUT2D eigenvalue weighted by molar-refractivity contribution is -0.134. The molecule has 162 valence electrons. The van der Waals surface area contributed by atoms with E-state index in [0.717, 1.165) is 16.7 Å². The van der Waals surface area contributed by atoms with Gasteiger partial charge in [-0.1, -0.05) is 84.9 Å². The van der Waals surface area contributed by atoms with Crippen molar-refractivity contribution in [1.82, 2.24) is 5.32 Å². The number of benzene rings is 3. The molecule has 0 fully saturated rings. The van der Waals surface area contributed by atoms with E-state index in [1.165, 1.54) is 24.3 Å². The molecule has 0 spiro atoms. The van der Waals surface area contributed by atoms with E-state index in [9.17, 15) is 9.59 Å². The quantitative estimate of drug-likeness (QED) is 0.432. The molecule has 1 amide bonds. The third kappa shape index (κ3) is 4.89. The molecule has 5 nitrogen and oxygen atoms in total. The van der Waals surface area contributed by atoms with Crippen molar-refractivity contribution in [3.63, 3.8) is 0 Å². The van der Waals surface area contributed by atoms with Crippen molar-refractivity contribution in [2.45, 2.75) is 18.4 Å². The first-order chi connectivity index (χ1) is 15.7. The van der Waals surface area contributed by atoms with Gasteiger partial charge in [0.15, 0.2) is 0 Å². The van der Waals surface area contributed by atoms with E-state index in [0.29, 0.717) is 6.42 Å². The van der Waals surface area contributed by atoms with Crippen LogP contribution in [0.4, 0.5) is 4.79 Å². The van der Waals surface area contributed by atoms with Gasteiger partial charge in [0.05, 0.1) is 13.2 Å². The topological polar surface area (TPSA) is 64.6 Å². The van der Waals surface area contributed by atoms with Crippen molar-refractivity contribution in [3.8, 4) is 11.1 Å². The van der Waals surface area contributed by atoms with E-state index in [-0.39, 0.29) is 12.5 Å². The van der Waals surface area contributed by atoms with Gasteiger partial charge in [-0.2, -0.15) is 0 Å². The highest BCUT2D eigenvalue weighted by atomic mass is 16.5. The molecule has 0 aliphatic heterocycles. The Morgan fingerprint density at radius 2 is 1.50 bits per heavy atom. The average molecular weight is 428 g/mol. The molecule has 0 saturated heterocycles. The molecule has 1 aliphatic carbocycles. The van der Waals surface area contributed by atoms with Gasteiger partial charge in [0.2, 0.25) is 0 Å². The third-order valence-electron chi connectivity index (χ3n) is 5.61. The van der Waals surface area contributed by atoms with Crippen LogP contribution < -0.4 is 5.32 Å². The predicted molar refractivity (Wildman–Crippen MR) is 123 cm³/mol. The van der Waals surface area contributed by atoms with E-state index < -0.39 is 18.1 Å². The fourth-order valence-corrected chi connectivity index (χ4v) is 4.09. The first-order valence-corrected chi connectivity index (χ1v) is 10.6. The van der Waals surface area contributed by atoms with Gasteiger partial charge in [-0.15, -0.1) is 0 Å². The molecule has 0 saturated carbocycles. The lowest BCUT2D eigenvalue weighted by Crippen LogP contribution is -2.36. The summed E-state index contributed by atoms with van der Waals surface area (Å²) in [5.74, 6) is -0.483. The zero-order valence-electron chi connectivity index (χ0n) is 17.9. The summed E-state index contributed by atoms with van der Waals surface area (Å²) in [6.07, 6.45) is 2.94. The van der Waals surface area contributed by atoms with E-state index in [2.05, 4.69) is 34.3 Å². The van der Waals surface area contributed by atoms with Gasteiger partial charge >= 0.3 is 12.1 Å². The maximum Gasteiger partial charge on any atom is 0.407 e. The highest BCUT2D eigenvalue weighted by Crippen LogP contribution is 2.44. The van der Waals surface area contributed by atoms with Crippen molar-refractivity contribution >= 4 is 12.1 Å². The smallest absolute Gasteiger partial charge is 0.407 e. The van der Waals surface area contributed by atoms with Crippen LogP contribution >= 0.6 is 0 Å². The fraction of sp³-hybridized carbons (Fsp3) is 0.185. The summed E-state index contributed by atoms with van der Waals surface area (Å²) in [5, 5.41) is 2.86. The Bertz CT molecular complexity index is 1080. The van der Waals surface area contributed by atoms with Gasteiger partial charge in [-0.05, 0) is 34.2 Å². The Labute approximate surface area is 187 Å². The normalized spacial score (nSPS) is 13.3. The van der Waals surface area contributed by atoms with Crippen LogP contribution in [-0.4, -0.2) is 31.8 Å². The molecule has 0 radical (unpaired) electrons. The number of hydrogen-bond donors (Lipinski definition) is 1. The van der Waals surface area contributed by atoms with Gasteiger partial charge < -0.3 is 14.8 Å². The number of nitrogens with one attached hydrogen (secondary N) is 1. The molecular formula is C27H25NO4. The van der Waals surface area contributed by atoms with Crippen LogP contribution in [0, 0.1) is 0 Å². The molecule has 1 aliphatic rings. The zero-order valence-corrected chi connectivity index (χ0v) is 17.9. The second-order valence-electron chi connectivity index (χ2n) is 7.65. The summed E-state index contributed by atoms with van der Waals surface area (Å²) in [7, 11) is 1.32. The van der Waals surface area contributed by atoms with E-state index in [4.69, 9.17) is 4.74 Å². The first-order valence-electron chi connectivity index (χ1n) is 10.6. The maximum atomic E-state index is 12.7. The molecule has 3 aromatic carbocycles. The largest absolute Gasteiger partial charge is 0.466 e. The Balaban J connectivity index is 1.44. The van der Waals surface area contributed by atoms with Crippen molar-refractivity contribution in [2.75, 3.05) is 13.7 Å². The summed E-state index contributed by atoms with van der Waals surface area (Å²) in [5.41, 5.74) is 5.71. The third-order valence-corrected chi connectivity index (χ3v) is 5.61. The molecule has 0 aromatic heterocycles. The summed E-state index contributed by atoms with van der Waals surface area (Å²) in [4.78, 5) is 24.2. The molecular weight excluding hydrogens is 402 g/mol. The van der Waals surface area contributed by atoms with Gasteiger partial charge in [-0.25, -0.2) is 9.59 Å². The second kappa shape index (κ2) is 9.96. The molecule has 1 atom stereocenters. The standard InChI is InChI=1S/C27H25NO4/c1-31-26(29)16-15-20(17-19-9-3-2-4-10-19)28-27(30)32-18-25-23-13-7-5-11-21(23)22-12-6-8-14-24(22)25/h2-16,20,25H,17-18H2,1H3,(H,28,30)/t20-/m1/s1. The second-order valence-corrected chi connectivity index (χ2v) is 7.65. The van der Waals surface area contributed by atoms with Crippen LogP contribution in [0.15, 0.2) is 91.0 Å². The van der Waals surface area contributed by atoms with E-state index >= 15 is 0 Å². The zero-order chi connectivity index (χ0) is 22.3. The fourth-order valence-electron chi connectivity index (χ4n) is 4.09. The molecule has 1 N–H and O–H groups in total. The average Bonchev–Trinajstić information content (AvgIpc) is 3.15. The minimum Gasteiger partial charge on any atom is -0.466 e. The highest BCUT2D eigenvalue weighted by molar-refractivity contribution is 5.82. The number of fused-ring (bicyclic) bond motifs is 3. The van der Waals surface area contributed by atoms with E-state index in [1.54, 1.807) is 6.08 Å². The molecule has 3 aromatic rings. The van der Waals surface area contributed by atoms with Gasteiger partial charge in [0.1, 0.15) is 6.61 Å². The van der Waals surface area contributed by atoms with Crippen LogP contribution in [0.1, 0.15) is 22.6 Å². The number of hydrogen-bond acceptors (Lipinski definition) is 4. The number of esters is 1. The molecule has 0 bridgehead atoms. The molecule has 5 heteroatoms. The molecule has 0 heterocycles. The lowest BCUT2D eigenvalue weighted by Gasteiger charge is -2.18. The minimum atomic E-state index is -0.526. The van der Waals surface area contributed by atoms with Crippen LogP contribution in [-0.2, 0) is 20.7 Å². The monoisotopic (exact) mass is 427 g/mol. The number of ether oxygens (including phenoxy) is 2. The summed E-state index contributed by atoms with van der Waals surface area (Å²) < 4.78 is 10.3. The molecule has 32 heavy (non-hydrogen) atoms. The van der Waals surface area contributed by atoms with Crippen LogP contribution in [0.25, 0.3) is 11.1 Å². The maximum absolute atomic E-state index is 12.7. The van der Waals surface area contributed by atoms with Crippen LogP contribution in [0.3, 0.4) is 0 Å². The van der Waals surface area contributed by atoms with Crippen molar-refractivity contribution in [2.24, 2.45) is 0 Å². The number of amides is 1. The number of alkyl carbamates (subject to hydrolysis) is 1. The first kappa shape index (κ1) is 21.4. The highest BCUT2D eigenvalue weighted by Gasteiger charge is 2.29. The lowest BCUT2D eigenvalue weighted by atomic mass is 9.98. The van der Waals surface area contributed by atoms with Crippen LogP contribution in [0.2, 0.25) is 0 Å². The van der Waals surface area contributed by atoms with Crippen molar-refractivity contribution in [1.29, 1.82) is 0 Å². The Kier molecular flexibility index (Phi) is 6.66. The van der Waals surface area contributed by atoms with E-state index in [1.807, 2.05) is 54.6 Å². The van der Waals surface area contributed by atoms with Gasteiger partial charge in [-0.3, -0.25) is 0 Å². The van der Waals surface area contributed by atoms with Crippen molar-refractivity contribution < 1.29 is 19.1 Å².